The van der Waals surface area contributed by atoms with Crippen molar-refractivity contribution in [3.63, 3.8) is 0 Å². The number of benzene rings is 1. The van der Waals surface area contributed by atoms with Gasteiger partial charge in [0.1, 0.15) is 12.4 Å². The van der Waals surface area contributed by atoms with Crippen molar-refractivity contribution >= 4 is 11.9 Å². The SMILES string of the molecule is CCOC1CC1C(=O)N(CC(=O)O)Cc1ccc(F)cc1. The molecule has 0 saturated heterocycles. The van der Waals surface area contributed by atoms with Gasteiger partial charge in [-0.2, -0.15) is 0 Å². The van der Waals surface area contributed by atoms with E-state index < -0.39 is 5.97 Å². The Kier molecular flexibility index (Phi) is 4.90. The zero-order valence-electron chi connectivity index (χ0n) is 11.8. The molecule has 5 nitrogen and oxygen atoms in total. The zero-order valence-corrected chi connectivity index (χ0v) is 11.8. The highest BCUT2D eigenvalue weighted by atomic mass is 19.1. The highest BCUT2D eigenvalue weighted by Crippen LogP contribution is 2.35. The predicted octanol–water partition coefficient (Wildman–Crippen LogP) is 1.66. The van der Waals surface area contributed by atoms with Crippen LogP contribution in [0.2, 0.25) is 0 Å². The van der Waals surface area contributed by atoms with Gasteiger partial charge in [-0.3, -0.25) is 9.59 Å². The molecule has 0 bridgehead atoms. The molecule has 1 aromatic rings. The lowest BCUT2D eigenvalue weighted by Gasteiger charge is -2.21. The van der Waals surface area contributed by atoms with E-state index >= 15 is 0 Å². The minimum Gasteiger partial charge on any atom is -0.480 e. The number of carboxylic acids is 1. The molecule has 1 fully saturated rings. The molecule has 114 valence electrons. The molecule has 1 saturated carbocycles. The van der Waals surface area contributed by atoms with Gasteiger partial charge in [0, 0.05) is 13.2 Å². The number of rotatable bonds is 7. The molecule has 0 aliphatic heterocycles. The second kappa shape index (κ2) is 6.67. The van der Waals surface area contributed by atoms with Crippen molar-refractivity contribution in [2.45, 2.75) is 26.0 Å². The Morgan fingerprint density at radius 1 is 1.38 bits per heavy atom. The lowest BCUT2D eigenvalue weighted by Crippen LogP contribution is -2.37. The van der Waals surface area contributed by atoms with Gasteiger partial charge in [-0.15, -0.1) is 0 Å². The number of carbonyl (C=O) groups excluding carboxylic acids is 1. The van der Waals surface area contributed by atoms with E-state index in [2.05, 4.69) is 0 Å². The molecule has 6 heteroatoms. The van der Waals surface area contributed by atoms with Crippen LogP contribution in [-0.4, -0.2) is 41.1 Å². The van der Waals surface area contributed by atoms with Crippen LogP contribution in [0.1, 0.15) is 18.9 Å². The van der Waals surface area contributed by atoms with Crippen molar-refractivity contribution in [1.29, 1.82) is 0 Å². The molecule has 1 aliphatic carbocycles. The summed E-state index contributed by atoms with van der Waals surface area (Å²) in [6, 6.07) is 5.67. The fourth-order valence-electron chi connectivity index (χ4n) is 2.25. The van der Waals surface area contributed by atoms with Crippen molar-refractivity contribution in [3.05, 3.63) is 35.6 Å². The second-order valence-corrected chi connectivity index (χ2v) is 5.05. The smallest absolute Gasteiger partial charge is 0.323 e. The fourth-order valence-corrected chi connectivity index (χ4v) is 2.25. The zero-order chi connectivity index (χ0) is 15.4. The van der Waals surface area contributed by atoms with Crippen molar-refractivity contribution < 1.29 is 23.8 Å². The first kappa shape index (κ1) is 15.4. The van der Waals surface area contributed by atoms with Crippen LogP contribution in [0.5, 0.6) is 0 Å². The van der Waals surface area contributed by atoms with Gasteiger partial charge in [0.2, 0.25) is 5.91 Å². The molecule has 1 amide bonds. The Hall–Kier alpha value is -1.95. The third-order valence-electron chi connectivity index (χ3n) is 3.35. The number of ether oxygens (including phenoxy) is 1. The van der Waals surface area contributed by atoms with Crippen LogP contribution in [0.4, 0.5) is 4.39 Å². The molecule has 0 heterocycles. The van der Waals surface area contributed by atoms with Gasteiger partial charge >= 0.3 is 5.97 Å². The number of aliphatic carboxylic acids is 1. The fraction of sp³-hybridized carbons (Fsp3) is 0.467. The summed E-state index contributed by atoms with van der Waals surface area (Å²) in [5, 5.41) is 8.94. The average Bonchev–Trinajstić information content (AvgIpc) is 3.19. The summed E-state index contributed by atoms with van der Waals surface area (Å²) >= 11 is 0. The highest BCUT2D eigenvalue weighted by molar-refractivity contribution is 5.85. The summed E-state index contributed by atoms with van der Waals surface area (Å²) in [6.07, 6.45) is 0.527. The average molecular weight is 295 g/mol. The number of amides is 1. The van der Waals surface area contributed by atoms with Crippen LogP contribution in [0.25, 0.3) is 0 Å². The van der Waals surface area contributed by atoms with Gasteiger partial charge in [-0.25, -0.2) is 4.39 Å². The largest absolute Gasteiger partial charge is 0.480 e. The highest BCUT2D eigenvalue weighted by Gasteiger charge is 2.46. The number of carboxylic acid groups (broad SMARTS) is 1. The molecule has 2 unspecified atom stereocenters. The molecule has 1 N–H and O–H groups in total. The Balaban J connectivity index is 2.02. The molecule has 2 atom stereocenters. The van der Waals surface area contributed by atoms with E-state index in [1.165, 1.54) is 17.0 Å². The van der Waals surface area contributed by atoms with Crippen LogP contribution in [0, 0.1) is 11.7 Å². The summed E-state index contributed by atoms with van der Waals surface area (Å²) < 4.78 is 18.2. The number of hydrogen-bond donors (Lipinski definition) is 1. The van der Waals surface area contributed by atoms with Crippen LogP contribution >= 0.6 is 0 Å². The lowest BCUT2D eigenvalue weighted by atomic mass is 10.2. The van der Waals surface area contributed by atoms with Crippen molar-refractivity contribution in [3.8, 4) is 0 Å². The summed E-state index contributed by atoms with van der Waals surface area (Å²) in [7, 11) is 0. The maximum atomic E-state index is 12.9. The van der Waals surface area contributed by atoms with E-state index in [-0.39, 0.29) is 36.8 Å². The van der Waals surface area contributed by atoms with Crippen LogP contribution in [-0.2, 0) is 20.9 Å². The van der Waals surface area contributed by atoms with E-state index in [1.54, 1.807) is 12.1 Å². The predicted molar refractivity (Wildman–Crippen MR) is 73.0 cm³/mol. The van der Waals surface area contributed by atoms with Crippen LogP contribution in [0.15, 0.2) is 24.3 Å². The van der Waals surface area contributed by atoms with Gasteiger partial charge in [0.25, 0.3) is 0 Å². The Morgan fingerprint density at radius 3 is 2.62 bits per heavy atom. The van der Waals surface area contributed by atoms with Gasteiger partial charge < -0.3 is 14.7 Å². The first-order valence-electron chi connectivity index (χ1n) is 6.88. The standard InChI is InChI=1S/C15H18FNO4/c1-2-21-13-7-12(13)15(20)17(9-14(18)19)8-10-3-5-11(16)6-4-10/h3-6,12-13H,2,7-9H2,1H3,(H,18,19). The maximum absolute atomic E-state index is 12.9. The van der Waals surface area contributed by atoms with Gasteiger partial charge in [-0.05, 0) is 31.0 Å². The van der Waals surface area contributed by atoms with Crippen molar-refractivity contribution in [2.24, 2.45) is 5.92 Å². The Bertz CT molecular complexity index is 517. The van der Waals surface area contributed by atoms with Crippen molar-refractivity contribution in [1.82, 2.24) is 4.90 Å². The summed E-state index contributed by atoms with van der Waals surface area (Å²) in [4.78, 5) is 24.5. The summed E-state index contributed by atoms with van der Waals surface area (Å²) in [5.41, 5.74) is 0.694. The second-order valence-electron chi connectivity index (χ2n) is 5.05. The Labute approximate surface area is 122 Å². The third-order valence-corrected chi connectivity index (χ3v) is 3.35. The van der Waals surface area contributed by atoms with E-state index in [4.69, 9.17) is 9.84 Å². The Morgan fingerprint density at radius 2 is 2.05 bits per heavy atom. The first-order valence-corrected chi connectivity index (χ1v) is 6.88. The topological polar surface area (TPSA) is 66.8 Å². The number of nitrogens with zero attached hydrogens (tertiary/aromatic N) is 1. The molecule has 0 radical (unpaired) electrons. The van der Waals surface area contributed by atoms with E-state index in [1.807, 2.05) is 6.92 Å². The molecular formula is C15H18FNO4. The molecule has 1 aromatic carbocycles. The molecule has 21 heavy (non-hydrogen) atoms. The minimum atomic E-state index is -1.07. The maximum Gasteiger partial charge on any atom is 0.323 e. The van der Waals surface area contributed by atoms with Crippen molar-refractivity contribution in [2.75, 3.05) is 13.2 Å². The molecule has 1 aliphatic rings. The van der Waals surface area contributed by atoms with E-state index in [0.29, 0.717) is 18.6 Å². The van der Waals surface area contributed by atoms with Gasteiger partial charge in [-0.1, -0.05) is 12.1 Å². The van der Waals surface area contributed by atoms with Crippen LogP contribution < -0.4 is 0 Å². The number of hydrogen-bond acceptors (Lipinski definition) is 3. The number of halogens is 1. The third kappa shape index (κ3) is 4.26. The van der Waals surface area contributed by atoms with Gasteiger partial charge in [0.05, 0.1) is 12.0 Å². The lowest BCUT2D eigenvalue weighted by molar-refractivity contribution is -0.145. The molecule has 0 aromatic heterocycles. The summed E-state index contributed by atoms with van der Waals surface area (Å²) in [5.74, 6) is -1.92. The van der Waals surface area contributed by atoms with E-state index in [9.17, 15) is 14.0 Å². The van der Waals surface area contributed by atoms with Crippen LogP contribution in [0.3, 0.4) is 0 Å². The normalized spacial score (nSPS) is 20.1. The molecular weight excluding hydrogens is 277 g/mol. The quantitative estimate of drug-likeness (QED) is 0.831. The monoisotopic (exact) mass is 295 g/mol. The molecule has 2 rings (SSSR count). The summed E-state index contributed by atoms with van der Waals surface area (Å²) in [6.45, 7) is 2.17. The van der Waals surface area contributed by atoms with Gasteiger partial charge in [0.15, 0.2) is 0 Å². The minimum absolute atomic E-state index is 0.105. The number of carbonyl (C=O) groups is 2. The van der Waals surface area contributed by atoms with E-state index in [0.717, 1.165) is 0 Å². The first-order chi connectivity index (χ1) is 10.0. The molecule has 0 spiro atoms.